The zero-order valence-electron chi connectivity index (χ0n) is 66.3. The van der Waals surface area contributed by atoms with Gasteiger partial charge in [0.05, 0.1) is 6.61 Å². The second-order valence-corrected chi connectivity index (χ2v) is 30.0. The van der Waals surface area contributed by atoms with E-state index in [0.29, 0.717) is 47.5 Å². The number of carbonyl (C=O) groups is 13. The molecule has 1 aliphatic heterocycles. The van der Waals surface area contributed by atoms with Crippen LogP contribution in [0.1, 0.15) is 156 Å². The minimum atomic E-state index is -1.85. The van der Waals surface area contributed by atoms with Crippen molar-refractivity contribution in [2.24, 2.45) is 11.7 Å². The predicted molar refractivity (Wildman–Crippen MR) is 437 cm³/mol. The molecule has 33 nitrogen and oxygen atoms in total. The number of aliphatic hydroxyl groups excluding tert-OH is 1. The van der Waals surface area contributed by atoms with E-state index < -0.39 is 144 Å². The van der Waals surface area contributed by atoms with Crippen molar-refractivity contribution in [2.45, 2.75) is 204 Å². The Kier molecular flexibility index (Phi) is 36.7. The third-order valence-electron chi connectivity index (χ3n) is 19.3. The van der Waals surface area contributed by atoms with Crippen molar-refractivity contribution in [3.63, 3.8) is 0 Å². The Morgan fingerprint density at radius 1 is 0.500 bits per heavy atom. The van der Waals surface area contributed by atoms with Crippen molar-refractivity contribution in [3.8, 4) is 0 Å². The molecule has 7 rings (SSSR count). The molecule has 0 spiro atoms. The highest BCUT2D eigenvalue weighted by molar-refractivity contribution is 6.30. The quantitative estimate of drug-likeness (QED) is 0.0243. The molecule has 13 amide bonds. The zero-order chi connectivity index (χ0) is 84.4. The fraction of sp³-hybridized carbons (Fsp3) is 0.463. The van der Waals surface area contributed by atoms with Crippen LogP contribution in [0.5, 0.6) is 0 Å². The maximum Gasteiger partial charge on any atom is 0.269 e. The first-order valence-electron chi connectivity index (χ1n) is 39.2. The molecule has 116 heavy (non-hydrogen) atoms. The Morgan fingerprint density at radius 2 is 0.974 bits per heavy atom. The number of nitrogens with zero attached hydrogens (tertiary/aromatic N) is 4. The van der Waals surface area contributed by atoms with Crippen LogP contribution in [0.4, 0.5) is 11.6 Å². The molecule has 0 saturated carbocycles. The van der Waals surface area contributed by atoms with Crippen molar-refractivity contribution in [3.05, 3.63) is 161 Å². The number of fused-ring (bicyclic) bond motifs is 1. The number of aromatic nitrogens is 3. The van der Waals surface area contributed by atoms with Gasteiger partial charge in [-0.05, 0) is 166 Å². The summed E-state index contributed by atoms with van der Waals surface area (Å²) in [6, 6.07) is 18.4. The summed E-state index contributed by atoms with van der Waals surface area (Å²) < 4.78 is 0. The highest BCUT2D eigenvalue weighted by Crippen LogP contribution is 2.23. The Hall–Kier alpha value is -11.7. The van der Waals surface area contributed by atoms with Gasteiger partial charge in [-0.3, -0.25) is 67.3 Å². The molecule has 19 N–H and O–H groups in total. The number of pyridine rings is 3. The Bertz CT molecular complexity index is 4350. The number of hydrogen-bond acceptors (Lipinski definition) is 20. The fourth-order valence-corrected chi connectivity index (χ4v) is 13.2. The van der Waals surface area contributed by atoms with Crippen molar-refractivity contribution < 1.29 is 67.4 Å². The Balaban J connectivity index is 1.16. The van der Waals surface area contributed by atoms with E-state index in [4.69, 9.17) is 28.8 Å². The summed E-state index contributed by atoms with van der Waals surface area (Å²) in [6.45, 7) is 10.0. The molecule has 0 radical (unpaired) electrons. The number of rotatable bonds is 46. The number of halogens is 1. The molecule has 34 heteroatoms. The van der Waals surface area contributed by atoms with Gasteiger partial charge >= 0.3 is 0 Å². The summed E-state index contributed by atoms with van der Waals surface area (Å²) >= 11 is 6.27. The number of hydrogen-bond donors (Lipinski definition) is 16. The summed E-state index contributed by atoms with van der Waals surface area (Å²) in [6.07, 6.45) is 4.73. The number of nitrogens with one attached hydrogen (secondary N) is 12. The first-order valence-corrected chi connectivity index (χ1v) is 39.6. The number of carbonyl (C=O) groups excluding carboxylic acids is 13. The molecule has 10 atom stereocenters. The lowest BCUT2D eigenvalue weighted by molar-refractivity contribution is -0.142. The molecular weight excluding hydrogens is 1510 g/mol. The first-order chi connectivity index (χ1) is 55.4. The van der Waals surface area contributed by atoms with Crippen LogP contribution in [-0.2, 0) is 72.0 Å². The van der Waals surface area contributed by atoms with Crippen LogP contribution in [0.2, 0.25) is 5.02 Å². The topological polar surface area (TPSA) is 506 Å². The number of unbranched alkanes of at least 4 members (excludes halogenated alkanes) is 3. The molecule has 3 aromatic heterocycles. The standard InChI is InChI=1S/C82H110ClN19O14/c1-48(2)41-63(76(110)97-62(24-11-12-37-88-49(3)4)82(116)102-40-18-27-68(102)81(115)91-50(5)71(86)105)98-75(109)61(23-10-14-39-90-73(107)59-26-16-29-70(85)94-59)95-74(108)60(22-9-13-38-89-72(106)58-25-15-28-69(84)93-58)96-80(114)67(47-103)101-79(113)66(45-54-19-17-36-87-46-54)100-78(112)65(43-52-31-34-57(83)35-32-52)99-77(111)64(92-51(6)104)44-53-30-33-55-20-7-8-21-56(55)42-53/h7-8,15-17,19-21,25-26,28-36,42,46,48-50,60-68,88,103H,9-14,18,22-24,27,37-41,43-45,47H2,1-6H3,(H2,84,93)(H2,85,94)(H2,86,105)(H,89,106)(H,90,107)(H,91,115)(H,92,104)(H,95,108)(H,96,114)(H,97,110)(H,98,109)(H,99,111)(H,100,112)(H,101,113)/t50-,60+,61-,62+,63+,64-,65-,66-,67+,68+/m1/s1. The number of likely N-dealkylation sites (tertiary alicyclic amines) is 1. The lowest BCUT2D eigenvalue weighted by atomic mass is 9.99. The van der Waals surface area contributed by atoms with Crippen molar-refractivity contribution in [1.82, 2.24) is 83.7 Å². The van der Waals surface area contributed by atoms with E-state index in [1.165, 1.54) is 55.4 Å². The number of benzene rings is 3. The normalized spacial score (nSPS) is 14.8. The van der Waals surface area contributed by atoms with Crippen molar-refractivity contribution in [1.29, 1.82) is 0 Å². The molecule has 1 saturated heterocycles. The predicted octanol–water partition coefficient (Wildman–Crippen LogP) is 2.16. The second-order valence-electron chi connectivity index (χ2n) is 29.6. The highest BCUT2D eigenvalue weighted by Gasteiger charge is 2.40. The van der Waals surface area contributed by atoms with Gasteiger partial charge in [0, 0.05) is 69.3 Å². The average molecular weight is 1620 g/mol. The van der Waals surface area contributed by atoms with Crippen molar-refractivity contribution in [2.75, 3.05) is 44.3 Å². The third kappa shape index (κ3) is 30.2. The Labute approximate surface area is 679 Å². The van der Waals surface area contributed by atoms with Gasteiger partial charge in [0.1, 0.15) is 83.4 Å². The van der Waals surface area contributed by atoms with Gasteiger partial charge < -0.3 is 91.0 Å². The summed E-state index contributed by atoms with van der Waals surface area (Å²) in [5, 5.41) is 46.6. The van der Waals surface area contributed by atoms with Gasteiger partial charge in [-0.25, -0.2) is 9.97 Å². The van der Waals surface area contributed by atoms with E-state index in [2.05, 4.69) is 78.8 Å². The third-order valence-corrected chi connectivity index (χ3v) is 19.5. The van der Waals surface area contributed by atoms with Gasteiger partial charge in [0.2, 0.25) is 65.0 Å². The van der Waals surface area contributed by atoms with Crippen LogP contribution < -0.4 is 81.0 Å². The van der Waals surface area contributed by atoms with Crippen LogP contribution in [0.25, 0.3) is 10.8 Å². The van der Waals surface area contributed by atoms with E-state index >= 15 is 9.59 Å². The molecule has 0 aliphatic carbocycles. The minimum Gasteiger partial charge on any atom is -0.394 e. The largest absolute Gasteiger partial charge is 0.394 e. The van der Waals surface area contributed by atoms with Gasteiger partial charge in [-0.15, -0.1) is 0 Å². The number of aliphatic hydroxyl groups is 1. The highest BCUT2D eigenvalue weighted by atomic mass is 35.5. The number of primary amides is 1. The SMILES string of the molecule is CC(=O)N[C@H](Cc1ccc2ccccc2c1)C(=O)N[C@H](Cc1ccc(Cl)cc1)C(=O)N[C@H](Cc1cccnc1)C(=O)N[C@@H](CO)C(=O)N[C@@H](CCCCNC(=O)c1cccc(N)n1)C(=O)N[C@H](CCCCNC(=O)c1cccc(N)n1)C(=O)N[C@@H](CC(C)C)C(=O)N[C@@H](CCCCNC(C)C)C(=O)N1CCC[C@H]1C(=O)N[C@H](C)C(N)=O. The smallest absolute Gasteiger partial charge is 0.269 e. The summed E-state index contributed by atoms with van der Waals surface area (Å²) in [7, 11) is 0. The van der Waals surface area contributed by atoms with Gasteiger partial charge in [0.15, 0.2) is 0 Å². The van der Waals surface area contributed by atoms with E-state index in [1.54, 1.807) is 62.4 Å². The molecule has 6 aromatic rings. The molecule has 3 aromatic carbocycles. The molecule has 0 bridgehead atoms. The summed E-state index contributed by atoms with van der Waals surface area (Å²) in [4.78, 5) is 198. The summed E-state index contributed by atoms with van der Waals surface area (Å²) in [5.74, 6) is -9.95. The molecule has 1 fully saturated rings. The number of amides is 13. The van der Waals surface area contributed by atoms with Crippen LogP contribution >= 0.6 is 11.6 Å². The number of anilines is 2. The molecule has 624 valence electrons. The maximum absolute atomic E-state index is 15.2. The van der Waals surface area contributed by atoms with E-state index in [1.807, 2.05) is 56.3 Å². The van der Waals surface area contributed by atoms with Gasteiger partial charge in [-0.1, -0.05) is 112 Å². The molecular formula is C82H110ClN19O14. The van der Waals surface area contributed by atoms with Gasteiger partial charge in [0.25, 0.3) is 11.8 Å². The second kappa shape index (κ2) is 46.6. The van der Waals surface area contributed by atoms with E-state index in [0.717, 1.165) is 10.8 Å². The van der Waals surface area contributed by atoms with Crippen molar-refractivity contribution >= 4 is 111 Å². The first kappa shape index (κ1) is 91.5. The minimum absolute atomic E-state index is 0.0134. The molecule has 1 aliphatic rings. The van der Waals surface area contributed by atoms with Crippen LogP contribution in [0.3, 0.4) is 0 Å². The fourth-order valence-electron chi connectivity index (χ4n) is 13.1. The molecule has 0 unspecified atom stereocenters. The lowest BCUT2D eigenvalue weighted by Gasteiger charge is -2.31. The number of nitrogens with two attached hydrogens (primary N) is 3. The maximum atomic E-state index is 15.2. The van der Waals surface area contributed by atoms with Crippen LogP contribution in [-0.4, -0.2) is 201 Å². The average Bonchev–Trinajstić information content (AvgIpc) is 1.79. The van der Waals surface area contributed by atoms with Gasteiger partial charge in [-0.2, -0.15) is 0 Å². The summed E-state index contributed by atoms with van der Waals surface area (Å²) in [5.41, 5.74) is 18.9. The van der Waals surface area contributed by atoms with Crippen LogP contribution in [0, 0.1) is 5.92 Å². The van der Waals surface area contributed by atoms with E-state index in [9.17, 15) is 57.8 Å². The number of nitrogen functional groups attached to an aromatic ring is 2. The van der Waals surface area contributed by atoms with Crippen LogP contribution in [0.15, 0.2) is 128 Å². The van der Waals surface area contributed by atoms with E-state index in [-0.39, 0.29) is 132 Å². The monoisotopic (exact) mass is 1620 g/mol. The Morgan fingerprint density at radius 3 is 1.50 bits per heavy atom. The zero-order valence-corrected chi connectivity index (χ0v) is 67.1. The lowest BCUT2D eigenvalue weighted by Crippen LogP contribution is -2.61. The molecule has 4 heterocycles.